The van der Waals surface area contributed by atoms with Gasteiger partial charge < -0.3 is 4.74 Å². The molecule has 0 aromatic heterocycles. The number of hydrogen-bond donors (Lipinski definition) is 0. The minimum absolute atomic E-state index is 0.0133. The van der Waals surface area contributed by atoms with Crippen LogP contribution in [0.25, 0.3) is 10.8 Å². The van der Waals surface area contributed by atoms with Crippen molar-refractivity contribution in [2.75, 3.05) is 7.11 Å². The van der Waals surface area contributed by atoms with E-state index in [1.165, 1.54) is 18.2 Å². The van der Waals surface area contributed by atoms with Crippen LogP contribution in [0.5, 0.6) is 5.75 Å². The van der Waals surface area contributed by atoms with Gasteiger partial charge in [0.25, 0.3) is 10.1 Å². The molecule has 1 aliphatic carbocycles. The second-order valence-corrected chi connectivity index (χ2v) is 10.6. The summed E-state index contributed by atoms with van der Waals surface area (Å²) in [5, 5.41) is 5.22. The van der Waals surface area contributed by atoms with Crippen molar-refractivity contribution in [2.45, 2.75) is 37.7 Å². The van der Waals surface area contributed by atoms with Gasteiger partial charge in [-0.05, 0) is 61.7 Å². The van der Waals surface area contributed by atoms with Crippen molar-refractivity contribution >= 4 is 36.7 Å². The van der Waals surface area contributed by atoms with E-state index in [0.29, 0.717) is 40.6 Å². The van der Waals surface area contributed by atoms with Crippen LogP contribution in [0.3, 0.4) is 0 Å². The number of fused-ring (bicyclic) bond motifs is 3. The molecule has 2 aromatic rings. The third-order valence-electron chi connectivity index (χ3n) is 5.28. The van der Waals surface area contributed by atoms with Crippen LogP contribution < -0.4 is 4.74 Å². The molecule has 164 valence electrons. The first-order valence-corrected chi connectivity index (χ1v) is 12.4. The number of rotatable bonds is 5. The highest BCUT2D eigenvalue weighted by molar-refractivity contribution is 7.90. The minimum atomic E-state index is -4.03. The Kier molecular flexibility index (Phi) is 5.40. The quantitative estimate of drug-likeness (QED) is 0.492. The summed E-state index contributed by atoms with van der Waals surface area (Å²) in [6.45, 7) is 3.67. The van der Waals surface area contributed by atoms with Crippen molar-refractivity contribution < 1.29 is 30.0 Å². The van der Waals surface area contributed by atoms with E-state index < -0.39 is 26.3 Å². The van der Waals surface area contributed by atoms with E-state index >= 15 is 0 Å². The Balaban J connectivity index is 1.75. The fourth-order valence-electron chi connectivity index (χ4n) is 3.54. The van der Waals surface area contributed by atoms with Gasteiger partial charge in [0.15, 0.2) is 0 Å². The third kappa shape index (κ3) is 3.98. The van der Waals surface area contributed by atoms with Crippen LogP contribution in [0.4, 0.5) is 0 Å². The van der Waals surface area contributed by atoms with E-state index in [2.05, 4.69) is 9.34 Å². The Labute approximate surface area is 181 Å². The Bertz CT molecular complexity index is 1370. The molecule has 10 heteroatoms. The maximum atomic E-state index is 12.6. The summed E-state index contributed by atoms with van der Waals surface area (Å²) in [7, 11) is -6.78. The normalized spacial score (nSPS) is 20.2. The summed E-state index contributed by atoms with van der Waals surface area (Å²) in [6, 6.07) is 7.92. The number of allylic oxidation sites excluding steroid dienone is 4. The highest BCUT2D eigenvalue weighted by atomic mass is 32.2. The molecule has 8 nitrogen and oxygen atoms in total. The van der Waals surface area contributed by atoms with Crippen molar-refractivity contribution in [3.63, 3.8) is 0 Å². The van der Waals surface area contributed by atoms with E-state index in [1.807, 2.05) is 6.92 Å². The lowest BCUT2D eigenvalue weighted by Crippen LogP contribution is -2.18. The van der Waals surface area contributed by atoms with Crippen LogP contribution in [-0.4, -0.2) is 35.8 Å². The second kappa shape index (κ2) is 7.77. The van der Waals surface area contributed by atoms with E-state index in [-0.39, 0.29) is 9.80 Å². The van der Waals surface area contributed by atoms with Gasteiger partial charge in [-0.3, -0.25) is 8.47 Å². The first kappa shape index (κ1) is 21.5. The summed E-state index contributed by atoms with van der Waals surface area (Å²) < 4.78 is 64.6. The molecule has 1 atom stereocenters. The van der Waals surface area contributed by atoms with Crippen molar-refractivity contribution in [2.24, 2.45) is 5.16 Å². The van der Waals surface area contributed by atoms with Gasteiger partial charge in [-0.25, -0.2) is 0 Å². The zero-order valence-corrected chi connectivity index (χ0v) is 18.8. The fourth-order valence-corrected chi connectivity index (χ4v) is 5.10. The number of nitrogens with zero attached hydrogens (tertiary/aromatic N) is 1. The molecular weight excluding hydrogens is 442 g/mol. The molecule has 31 heavy (non-hydrogen) atoms. The Morgan fingerprint density at radius 1 is 1.03 bits per heavy atom. The highest BCUT2D eigenvalue weighted by Gasteiger charge is 2.31. The van der Waals surface area contributed by atoms with Crippen molar-refractivity contribution in [1.82, 2.24) is 0 Å². The van der Waals surface area contributed by atoms with Crippen molar-refractivity contribution in [3.8, 4) is 5.75 Å². The number of ether oxygens (including phenoxy) is 1. The monoisotopic (exact) mass is 463 g/mol. The molecule has 2 aromatic carbocycles. The van der Waals surface area contributed by atoms with Gasteiger partial charge in [0.1, 0.15) is 17.6 Å². The summed E-state index contributed by atoms with van der Waals surface area (Å²) in [5.74, 6) is 0.512. The van der Waals surface area contributed by atoms with Crippen LogP contribution in [0.2, 0.25) is 0 Å². The molecule has 0 bridgehead atoms. The summed E-state index contributed by atoms with van der Waals surface area (Å²) in [6.07, 6.45) is 3.75. The van der Waals surface area contributed by atoms with Gasteiger partial charge in [0, 0.05) is 0 Å². The van der Waals surface area contributed by atoms with E-state index in [4.69, 9.17) is 9.02 Å². The largest absolute Gasteiger partial charge is 0.484 e. The SMILES string of the molecule is COS(=O)(=O)c1ccc2c3c(ccc2c1)OC(C)/C3=N\OS(=O)(=O)C1=CC=C(C)CC1. The zero-order valence-electron chi connectivity index (χ0n) is 17.2. The maximum Gasteiger partial charge on any atom is 0.354 e. The van der Waals surface area contributed by atoms with Crippen molar-refractivity contribution in [3.05, 3.63) is 58.5 Å². The molecule has 1 heterocycles. The second-order valence-electron chi connectivity index (χ2n) is 7.35. The number of hydrogen-bond acceptors (Lipinski definition) is 8. The average Bonchev–Trinajstić information content (AvgIpc) is 3.07. The molecule has 0 fully saturated rings. The Morgan fingerprint density at radius 3 is 2.48 bits per heavy atom. The van der Waals surface area contributed by atoms with Gasteiger partial charge in [-0.2, -0.15) is 16.8 Å². The number of benzene rings is 2. The molecule has 2 aliphatic rings. The standard InChI is InChI=1S/C21H21NO7S2/c1-13-4-7-16(8-5-13)31(25,26)29-22-21-14(2)28-19-11-6-15-12-17(30(23,24)27-3)9-10-18(15)20(19)21/h4,6-7,9-12,14H,5,8H2,1-3H3/b22-21+. The highest BCUT2D eigenvalue weighted by Crippen LogP contribution is 2.37. The topological polar surface area (TPSA) is 108 Å². The Hall–Kier alpha value is -2.69. The molecule has 0 radical (unpaired) electrons. The fraction of sp³-hybridized carbons (Fsp3) is 0.286. The van der Waals surface area contributed by atoms with Crippen LogP contribution in [-0.2, 0) is 28.7 Å². The lowest BCUT2D eigenvalue weighted by atomic mass is 10.00. The predicted molar refractivity (Wildman–Crippen MR) is 116 cm³/mol. The van der Waals surface area contributed by atoms with E-state index in [1.54, 1.807) is 31.2 Å². The smallest absolute Gasteiger partial charge is 0.354 e. The van der Waals surface area contributed by atoms with E-state index in [0.717, 1.165) is 12.7 Å². The molecule has 0 saturated carbocycles. The molecule has 1 unspecified atom stereocenters. The molecule has 1 aliphatic heterocycles. The van der Waals surface area contributed by atoms with Gasteiger partial charge >= 0.3 is 10.1 Å². The molecule has 0 amide bonds. The maximum absolute atomic E-state index is 12.6. The third-order valence-corrected chi connectivity index (χ3v) is 7.80. The molecule has 0 saturated heterocycles. The minimum Gasteiger partial charge on any atom is -0.484 e. The van der Waals surface area contributed by atoms with Crippen LogP contribution >= 0.6 is 0 Å². The van der Waals surface area contributed by atoms with Crippen LogP contribution in [0.1, 0.15) is 32.3 Å². The summed E-state index contributed by atoms with van der Waals surface area (Å²) >= 11 is 0. The van der Waals surface area contributed by atoms with Gasteiger partial charge in [-0.15, -0.1) is 0 Å². The molecule has 4 rings (SSSR count). The van der Waals surface area contributed by atoms with Crippen molar-refractivity contribution in [1.29, 1.82) is 0 Å². The average molecular weight is 464 g/mol. The summed E-state index contributed by atoms with van der Waals surface area (Å²) in [4.78, 5) is 0.181. The Morgan fingerprint density at radius 2 is 1.81 bits per heavy atom. The van der Waals surface area contributed by atoms with E-state index in [9.17, 15) is 16.8 Å². The lowest BCUT2D eigenvalue weighted by molar-refractivity contribution is 0.292. The van der Waals surface area contributed by atoms with Gasteiger partial charge in [-0.1, -0.05) is 28.9 Å². The first-order chi connectivity index (χ1) is 14.6. The lowest BCUT2D eigenvalue weighted by Gasteiger charge is -2.11. The molecule has 0 spiro atoms. The molecule has 0 N–H and O–H groups in total. The van der Waals surface area contributed by atoms with Crippen LogP contribution in [0.15, 0.2) is 63.0 Å². The first-order valence-electron chi connectivity index (χ1n) is 9.55. The number of oxime groups is 1. The molecular formula is C21H21NO7S2. The summed E-state index contributed by atoms with van der Waals surface area (Å²) in [5.41, 5.74) is 1.97. The van der Waals surface area contributed by atoms with Crippen LogP contribution in [0, 0.1) is 0 Å². The zero-order chi connectivity index (χ0) is 22.4. The van der Waals surface area contributed by atoms with Gasteiger partial charge in [0.2, 0.25) is 0 Å². The predicted octanol–water partition coefficient (Wildman–Crippen LogP) is 3.63. The van der Waals surface area contributed by atoms with Gasteiger partial charge in [0.05, 0.1) is 22.5 Å².